The Morgan fingerprint density at radius 2 is 1.89 bits per heavy atom. The maximum atomic E-state index is 12.2. The minimum Gasteiger partial charge on any atom is -0.455 e. The summed E-state index contributed by atoms with van der Waals surface area (Å²) < 4.78 is 5.03. The van der Waals surface area contributed by atoms with E-state index < -0.39 is 5.97 Å². The van der Waals surface area contributed by atoms with E-state index in [1.807, 2.05) is 50.2 Å². The average Bonchev–Trinajstić information content (AvgIpc) is 3.31. The highest BCUT2D eigenvalue weighted by molar-refractivity contribution is 7.12. The predicted octanol–water partition coefficient (Wildman–Crippen LogP) is 3.51. The van der Waals surface area contributed by atoms with Crippen LogP contribution in [0.4, 0.5) is 0 Å². The van der Waals surface area contributed by atoms with E-state index in [9.17, 15) is 14.4 Å². The summed E-state index contributed by atoms with van der Waals surface area (Å²) >= 11 is 1.56. The van der Waals surface area contributed by atoms with Crippen molar-refractivity contribution in [3.63, 3.8) is 0 Å². The lowest BCUT2D eigenvalue weighted by Gasteiger charge is -2.11. The number of hydrazone groups is 1. The highest BCUT2D eigenvalue weighted by Crippen LogP contribution is 2.22. The smallest absolute Gasteiger partial charge is 0.306 e. The molecule has 28 heavy (non-hydrogen) atoms. The maximum Gasteiger partial charge on any atom is 0.306 e. The van der Waals surface area contributed by atoms with Crippen molar-refractivity contribution in [1.82, 2.24) is 5.01 Å². The van der Waals surface area contributed by atoms with Crippen LogP contribution in [0.2, 0.25) is 0 Å². The van der Waals surface area contributed by atoms with Gasteiger partial charge in [0.1, 0.15) is 0 Å². The van der Waals surface area contributed by atoms with Crippen LogP contribution in [0.15, 0.2) is 41.5 Å². The molecule has 1 aliphatic heterocycles. The molecule has 0 unspecified atom stereocenters. The fraction of sp³-hybridized carbons (Fsp3) is 0.333. The zero-order valence-corrected chi connectivity index (χ0v) is 16.8. The Labute approximate surface area is 167 Å². The third-order valence-electron chi connectivity index (χ3n) is 4.45. The number of hydrogen-bond donors (Lipinski definition) is 0. The average molecular weight is 398 g/mol. The lowest BCUT2D eigenvalue weighted by atomic mass is 10.1. The van der Waals surface area contributed by atoms with E-state index >= 15 is 0 Å². The Bertz CT molecular complexity index is 918. The molecule has 1 amide bonds. The van der Waals surface area contributed by atoms with Crippen LogP contribution in [-0.4, -0.2) is 41.5 Å². The number of esters is 1. The molecule has 0 bridgehead atoms. The van der Waals surface area contributed by atoms with Gasteiger partial charge in [0.25, 0.3) is 5.91 Å². The van der Waals surface area contributed by atoms with Gasteiger partial charge in [0.15, 0.2) is 12.4 Å². The molecule has 0 radical (unpaired) electrons. The van der Waals surface area contributed by atoms with E-state index in [1.54, 1.807) is 11.3 Å². The number of amides is 1. The third-order valence-corrected chi connectivity index (χ3v) is 5.42. The van der Waals surface area contributed by atoms with Crippen LogP contribution < -0.4 is 0 Å². The van der Waals surface area contributed by atoms with Gasteiger partial charge in [0, 0.05) is 28.2 Å². The van der Waals surface area contributed by atoms with E-state index in [1.165, 1.54) is 5.01 Å². The molecule has 1 aromatic carbocycles. The molecule has 0 spiro atoms. The van der Waals surface area contributed by atoms with Crippen molar-refractivity contribution < 1.29 is 19.1 Å². The minimum atomic E-state index is -0.558. The van der Waals surface area contributed by atoms with Gasteiger partial charge in [-0.3, -0.25) is 14.4 Å². The van der Waals surface area contributed by atoms with Crippen LogP contribution in [0.5, 0.6) is 0 Å². The van der Waals surface area contributed by atoms with Gasteiger partial charge in [0.2, 0.25) is 0 Å². The number of carbonyl (C=O) groups is 3. The Kier molecular flexibility index (Phi) is 6.36. The maximum absolute atomic E-state index is 12.2. The van der Waals surface area contributed by atoms with Crippen LogP contribution in [0.25, 0.3) is 0 Å². The summed E-state index contributed by atoms with van der Waals surface area (Å²) in [5, 5.41) is 5.65. The number of carbonyl (C=O) groups excluding carboxylic acids is 3. The molecule has 2 aromatic rings. The lowest BCUT2D eigenvalue weighted by molar-refractivity contribution is -0.151. The number of Topliss-reactive ketones (excluding diaryl/α,β-unsaturated/α-hetero) is 1. The van der Waals surface area contributed by atoms with Crippen molar-refractivity contribution in [3.8, 4) is 0 Å². The zero-order valence-electron chi connectivity index (χ0n) is 15.9. The lowest BCUT2D eigenvalue weighted by Crippen LogP contribution is -2.28. The first kappa shape index (κ1) is 19.9. The van der Waals surface area contributed by atoms with Crippen LogP contribution in [0.3, 0.4) is 0 Å². The van der Waals surface area contributed by atoms with Gasteiger partial charge in [-0.15, -0.1) is 11.3 Å². The Hall–Kier alpha value is -2.80. The summed E-state index contributed by atoms with van der Waals surface area (Å²) in [6.07, 6.45) is 0.695. The van der Waals surface area contributed by atoms with Crippen LogP contribution >= 0.6 is 11.3 Å². The quantitative estimate of drug-likeness (QED) is 0.528. The number of ketones is 1. The molecular weight excluding hydrogens is 376 g/mol. The molecule has 0 saturated carbocycles. The highest BCUT2D eigenvalue weighted by Gasteiger charge is 2.22. The summed E-state index contributed by atoms with van der Waals surface area (Å²) in [4.78, 5) is 38.3. The molecule has 0 atom stereocenters. The SMILES string of the molecule is Cc1cc(C(=O)CCC(=O)OCC(=O)N2CCC(c3ccccc3)=N2)c(C)s1. The molecule has 0 saturated heterocycles. The van der Waals surface area contributed by atoms with Gasteiger partial charge in [-0.1, -0.05) is 30.3 Å². The Morgan fingerprint density at radius 1 is 1.14 bits per heavy atom. The van der Waals surface area contributed by atoms with Crippen molar-refractivity contribution in [2.24, 2.45) is 5.10 Å². The zero-order chi connectivity index (χ0) is 20.1. The van der Waals surface area contributed by atoms with Gasteiger partial charge < -0.3 is 4.74 Å². The molecule has 7 heteroatoms. The Morgan fingerprint density at radius 3 is 2.57 bits per heavy atom. The minimum absolute atomic E-state index is 0.0427. The van der Waals surface area contributed by atoms with E-state index in [0.29, 0.717) is 18.5 Å². The molecule has 3 rings (SSSR count). The number of thiophene rings is 1. The van der Waals surface area contributed by atoms with Crippen molar-refractivity contribution in [3.05, 3.63) is 57.3 Å². The molecule has 6 nitrogen and oxygen atoms in total. The summed E-state index contributed by atoms with van der Waals surface area (Å²) in [6, 6.07) is 11.5. The topological polar surface area (TPSA) is 76.0 Å². The molecule has 0 fully saturated rings. The van der Waals surface area contributed by atoms with E-state index in [4.69, 9.17) is 4.74 Å². The summed E-state index contributed by atoms with van der Waals surface area (Å²) in [5.74, 6) is -1.01. The molecule has 0 N–H and O–H groups in total. The van der Waals surface area contributed by atoms with Gasteiger partial charge in [-0.25, -0.2) is 5.01 Å². The van der Waals surface area contributed by atoms with Gasteiger partial charge in [-0.05, 0) is 25.5 Å². The molecule has 1 aliphatic rings. The van der Waals surface area contributed by atoms with E-state index in [2.05, 4.69) is 5.10 Å². The molecule has 146 valence electrons. The van der Waals surface area contributed by atoms with E-state index in [-0.39, 0.29) is 31.1 Å². The summed E-state index contributed by atoms with van der Waals surface area (Å²) in [6.45, 7) is 3.94. The second-order valence-electron chi connectivity index (χ2n) is 6.59. The number of aryl methyl sites for hydroxylation is 2. The van der Waals surface area contributed by atoms with Crippen LogP contribution in [0, 0.1) is 13.8 Å². The largest absolute Gasteiger partial charge is 0.455 e. The van der Waals surface area contributed by atoms with Gasteiger partial charge >= 0.3 is 5.97 Å². The van der Waals surface area contributed by atoms with Gasteiger partial charge in [0.05, 0.1) is 18.7 Å². The second kappa shape index (κ2) is 8.93. The number of nitrogens with zero attached hydrogens (tertiary/aromatic N) is 2. The monoisotopic (exact) mass is 398 g/mol. The number of benzene rings is 1. The number of hydrogen-bond acceptors (Lipinski definition) is 6. The van der Waals surface area contributed by atoms with Gasteiger partial charge in [-0.2, -0.15) is 5.10 Å². The van der Waals surface area contributed by atoms with Crippen LogP contribution in [-0.2, 0) is 14.3 Å². The number of rotatable bonds is 7. The molecule has 0 aliphatic carbocycles. The molecular formula is C21H22N2O4S. The standard InChI is InChI=1S/C21H22N2O4S/c1-14-12-17(15(2)28-14)19(24)8-9-21(26)27-13-20(25)23-11-10-18(22-23)16-6-4-3-5-7-16/h3-7,12H,8-11,13H2,1-2H3. The van der Waals surface area contributed by atoms with Crippen molar-refractivity contribution in [2.75, 3.05) is 13.2 Å². The summed E-state index contributed by atoms with van der Waals surface area (Å²) in [5.41, 5.74) is 2.48. The molecule has 2 heterocycles. The first-order valence-electron chi connectivity index (χ1n) is 9.13. The first-order chi connectivity index (χ1) is 13.4. The van der Waals surface area contributed by atoms with Crippen LogP contribution in [0.1, 0.15) is 44.9 Å². The first-order valence-corrected chi connectivity index (χ1v) is 9.95. The predicted molar refractivity (Wildman–Crippen MR) is 108 cm³/mol. The third kappa shape index (κ3) is 4.92. The fourth-order valence-electron chi connectivity index (χ4n) is 3.02. The normalized spacial score (nSPS) is 13.4. The highest BCUT2D eigenvalue weighted by atomic mass is 32.1. The van der Waals surface area contributed by atoms with Crippen molar-refractivity contribution >= 4 is 34.7 Å². The second-order valence-corrected chi connectivity index (χ2v) is 8.05. The van der Waals surface area contributed by atoms with E-state index in [0.717, 1.165) is 21.0 Å². The summed E-state index contributed by atoms with van der Waals surface area (Å²) in [7, 11) is 0. The van der Waals surface area contributed by atoms with Crippen molar-refractivity contribution in [1.29, 1.82) is 0 Å². The fourth-order valence-corrected chi connectivity index (χ4v) is 3.96. The number of ether oxygens (including phenoxy) is 1. The Balaban J connectivity index is 1.44. The van der Waals surface area contributed by atoms with Crippen molar-refractivity contribution in [2.45, 2.75) is 33.1 Å². The molecule has 1 aromatic heterocycles.